The summed E-state index contributed by atoms with van der Waals surface area (Å²) >= 11 is 3.33. The first-order chi connectivity index (χ1) is 7.41. The van der Waals surface area contributed by atoms with Crippen LogP contribution in [0.4, 0.5) is 5.69 Å². The zero-order valence-electron chi connectivity index (χ0n) is 9.08. The minimum absolute atomic E-state index is 0.400. The summed E-state index contributed by atoms with van der Waals surface area (Å²) in [6.07, 6.45) is 0. The van der Waals surface area contributed by atoms with Crippen molar-refractivity contribution in [1.82, 2.24) is 0 Å². The van der Waals surface area contributed by atoms with Crippen molar-refractivity contribution in [2.24, 2.45) is 5.73 Å². The number of nitrogens with one attached hydrogen (secondary N) is 1. The number of hydrogen-bond acceptors (Lipinski definition) is 2. The summed E-state index contributed by atoms with van der Waals surface area (Å²) in [5.74, 6) is -1.42. The van der Waals surface area contributed by atoms with Crippen LogP contribution in [0.1, 0.15) is 25.3 Å². The third-order valence-electron chi connectivity index (χ3n) is 2.13. The van der Waals surface area contributed by atoms with Crippen molar-refractivity contribution in [1.29, 1.82) is 0 Å². The Morgan fingerprint density at radius 2 is 2.00 bits per heavy atom. The molecule has 86 valence electrons. The molecule has 0 saturated carbocycles. The molecule has 0 aromatic heterocycles. The Labute approximate surface area is 102 Å². The maximum Gasteiger partial charge on any atom is 0.313 e. The first kappa shape index (κ1) is 12.7. The van der Waals surface area contributed by atoms with Gasteiger partial charge in [-0.3, -0.25) is 9.59 Å². The fraction of sp³-hybridized carbons (Fsp3) is 0.273. The van der Waals surface area contributed by atoms with Crippen LogP contribution < -0.4 is 11.1 Å². The van der Waals surface area contributed by atoms with Crippen LogP contribution in [0.5, 0.6) is 0 Å². The van der Waals surface area contributed by atoms with Gasteiger partial charge in [0.05, 0.1) is 5.69 Å². The summed E-state index contributed by atoms with van der Waals surface area (Å²) in [5.41, 5.74) is 6.52. The minimum Gasteiger partial charge on any atom is -0.361 e. The van der Waals surface area contributed by atoms with Crippen molar-refractivity contribution in [2.45, 2.75) is 19.8 Å². The number of amides is 2. The number of carbonyl (C=O) groups is 2. The number of anilines is 1. The van der Waals surface area contributed by atoms with E-state index in [0.29, 0.717) is 11.6 Å². The van der Waals surface area contributed by atoms with Crippen LogP contribution in [0.2, 0.25) is 0 Å². The molecule has 2 amide bonds. The van der Waals surface area contributed by atoms with Crippen molar-refractivity contribution in [3.8, 4) is 0 Å². The van der Waals surface area contributed by atoms with Gasteiger partial charge in [0, 0.05) is 4.47 Å². The van der Waals surface area contributed by atoms with E-state index in [4.69, 9.17) is 5.73 Å². The lowest BCUT2D eigenvalue weighted by molar-refractivity contribution is -0.134. The number of rotatable bonds is 2. The Hall–Kier alpha value is -1.36. The highest BCUT2D eigenvalue weighted by Crippen LogP contribution is 2.26. The van der Waals surface area contributed by atoms with Crippen LogP contribution in [0.25, 0.3) is 0 Å². The van der Waals surface area contributed by atoms with E-state index < -0.39 is 11.8 Å². The molecule has 3 N–H and O–H groups in total. The molecule has 1 rings (SSSR count). The molecule has 16 heavy (non-hydrogen) atoms. The van der Waals surface area contributed by atoms with E-state index >= 15 is 0 Å². The molecule has 1 aromatic rings. The largest absolute Gasteiger partial charge is 0.361 e. The molecule has 0 radical (unpaired) electrons. The quantitative estimate of drug-likeness (QED) is 0.816. The van der Waals surface area contributed by atoms with E-state index in [1.54, 1.807) is 6.07 Å². The van der Waals surface area contributed by atoms with Gasteiger partial charge in [-0.1, -0.05) is 19.9 Å². The number of nitrogens with two attached hydrogens (primary N) is 1. The van der Waals surface area contributed by atoms with Crippen molar-refractivity contribution >= 4 is 33.4 Å². The van der Waals surface area contributed by atoms with Gasteiger partial charge in [-0.25, -0.2) is 0 Å². The van der Waals surface area contributed by atoms with Crippen molar-refractivity contribution in [2.75, 3.05) is 5.32 Å². The van der Waals surface area contributed by atoms with Crippen LogP contribution in [0.3, 0.4) is 0 Å². The number of primary amides is 1. The molecule has 0 spiro atoms. The topological polar surface area (TPSA) is 72.2 Å². The molecule has 5 heteroatoms. The molecule has 0 aliphatic heterocycles. The lowest BCUT2D eigenvalue weighted by atomic mass is 10.0. The SMILES string of the molecule is CC(C)c1ccc(NC(=O)C(N)=O)c(Br)c1. The summed E-state index contributed by atoms with van der Waals surface area (Å²) in [6, 6.07) is 5.54. The fourth-order valence-corrected chi connectivity index (χ4v) is 1.67. The Kier molecular flexibility index (Phi) is 4.06. The van der Waals surface area contributed by atoms with E-state index in [1.807, 2.05) is 12.1 Å². The normalized spacial score (nSPS) is 10.2. The maximum atomic E-state index is 11.1. The molecular weight excluding hydrogens is 272 g/mol. The van der Waals surface area contributed by atoms with Gasteiger partial charge in [0.15, 0.2) is 0 Å². The molecule has 0 fully saturated rings. The monoisotopic (exact) mass is 284 g/mol. The van der Waals surface area contributed by atoms with E-state index in [9.17, 15) is 9.59 Å². The summed E-state index contributed by atoms with van der Waals surface area (Å²) in [4.78, 5) is 21.7. The van der Waals surface area contributed by atoms with Gasteiger partial charge in [0.2, 0.25) is 0 Å². The van der Waals surface area contributed by atoms with E-state index in [-0.39, 0.29) is 0 Å². The minimum atomic E-state index is -1.00. The predicted molar refractivity (Wildman–Crippen MR) is 66.1 cm³/mol. The van der Waals surface area contributed by atoms with Crippen molar-refractivity contribution < 1.29 is 9.59 Å². The van der Waals surface area contributed by atoms with E-state index in [2.05, 4.69) is 35.1 Å². The summed E-state index contributed by atoms with van der Waals surface area (Å²) < 4.78 is 0.730. The van der Waals surface area contributed by atoms with Gasteiger partial charge in [-0.05, 0) is 39.5 Å². The van der Waals surface area contributed by atoms with Gasteiger partial charge in [0.1, 0.15) is 0 Å². The second-order valence-corrected chi connectivity index (χ2v) is 4.57. The van der Waals surface area contributed by atoms with E-state index in [1.165, 1.54) is 0 Å². The van der Waals surface area contributed by atoms with Gasteiger partial charge >= 0.3 is 11.8 Å². The molecule has 0 unspecified atom stereocenters. The first-order valence-corrected chi connectivity index (χ1v) is 5.61. The third kappa shape index (κ3) is 3.06. The van der Waals surface area contributed by atoms with E-state index in [0.717, 1.165) is 10.0 Å². The highest BCUT2D eigenvalue weighted by molar-refractivity contribution is 9.10. The Morgan fingerprint density at radius 1 is 1.38 bits per heavy atom. The van der Waals surface area contributed by atoms with Crippen LogP contribution in [-0.4, -0.2) is 11.8 Å². The smallest absolute Gasteiger partial charge is 0.313 e. The Bertz CT molecular complexity index is 430. The number of carbonyl (C=O) groups excluding carboxylic acids is 2. The van der Waals surface area contributed by atoms with Crippen LogP contribution >= 0.6 is 15.9 Å². The van der Waals surface area contributed by atoms with Crippen molar-refractivity contribution in [3.63, 3.8) is 0 Å². The Balaban J connectivity index is 2.91. The molecule has 0 aliphatic carbocycles. The molecule has 1 aromatic carbocycles. The van der Waals surface area contributed by atoms with Crippen LogP contribution in [0, 0.1) is 0 Å². The maximum absolute atomic E-state index is 11.1. The van der Waals surface area contributed by atoms with Gasteiger partial charge in [0.25, 0.3) is 0 Å². The van der Waals surface area contributed by atoms with Crippen molar-refractivity contribution in [3.05, 3.63) is 28.2 Å². The van der Waals surface area contributed by atoms with Gasteiger partial charge in [-0.15, -0.1) is 0 Å². The standard InChI is InChI=1S/C11H13BrN2O2/c1-6(2)7-3-4-9(8(12)5-7)14-11(16)10(13)15/h3-6H,1-2H3,(H2,13,15)(H,14,16). The highest BCUT2D eigenvalue weighted by Gasteiger charge is 2.11. The number of benzene rings is 1. The second-order valence-electron chi connectivity index (χ2n) is 3.71. The zero-order chi connectivity index (χ0) is 12.3. The lowest BCUT2D eigenvalue weighted by Crippen LogP contribution is -2.29. The summed E-state index contributed by atoms with van der Waals surface area (Å²) in [5, 5.41) is 2.42. The summed E-state index contributed by atoms with van der Waals surface area (Å²) in [6.45, 7) is 4.15. The Morgan fingerprint density at radius 3 is 2.44 bits per heavy atom. The highest BCUT2D eigenvalue weighted by atomic mass is 79.9. The number of hydrogen-bond donors (Lipinski definition) is 2. The average molecular weight is 285 g/mol. The predicted octanol–water partition coefficient (Wildman–Crippen LogP) is 2.00. The lowest BCUT2D eigenvalue weighted by Gasteiger charge is -2.10. The molecule has 0 heterocycles. The van der Waals surface area contributed by atoms with Gasteiger partial charge in [-0.2, -0.15) is 0 Å². The average Bonchev–Trinajstić information content (AvgIpc) is 2.20. The molecule has 0 bridgehead atoms. The molecular formula is C11H13BrN2O2. The first-order valence-electron chi connectivity index (χ1n) is 4.82. The molecule has 4 nitrogen and oxygen atoms in total. The summed E-state index contributed by atoms with van der Waals surface area (Å²) in [7, 11) is 0. The molecule has 0 saturated heterocycles. The van der Waals surface area contributed by atoms with Crippen LogP contribution in [-0.2, 0) is 9.59 Å². The number of halogens is 1. The molecule has 0 atom stereocenters. The third-order valence-corrected chi connectivity index (χ3v) is 2.79. The van der Waals surface area contributed by atoms with Gasteiger partial charge < -0.3 is 11.1 Å². The fourth-order valence-electron chi connectivity index (χ4n) is 1.18. The zero-order valence-corrected chi connectivity index (χ0v) is 10.7. The second kappa shape index (κ2) is 5.12. The molecule has 0 aliphatic rings. The van der Waals surface area contributed by atoms with Crippen LogP contribution in [0.15, 0.2) is 22.7 Å².